The lowest BCUT2D eigenvalue weighted by atomic mass is 10.1. The molecule has 0 aliphatic rings. The molecule has 0 spiro atoms. The van der Waals surface area contributed by atoms with E-state index < -0.39 is 0 Å². The maximum atomic E-state index is 12.6. The van der Waals surface area contributed by atoms with Crippen LogP contribution in [0.5, 0.6) is 0 Å². The molecule has 0 fully saturated rings. The van der Waals surface area contributed by atoms with Gasteiger partial charge in [-0.2, -0.15) is 0 Å². The van der Waals surface area contributed by atoms with E-state index in [1.54, 1.807) is 13.1 Å². The third-order valence-corrected chi connectivity index (χ3v) is 4.79. The molecule has 25 heavy (non-hydrogen) atoms. The number of nitrogens with zero attached hydrogens (tertiary/aromatic N) is 2. The summed E-state index contributed by atoms with van der Waals surface area (Å²) in [6.07, 6.45) is 1.71. The molecule has 1 amide bonds. The largest absolute Gasteiger partial charge is 0.352 e. The number of anilines is 2. The van der Waals surface area contributed by atoms with Crippen molar-refractivity contribution in [3.05, 3.63) is 53.3 Å². The van der Waals surface area contributed by atoms with Gasteiger partial charge in [-0.1, -0.05) is 18.2 Å². The number of benzene rings is 1. The molecule has 2 aromatic heterocycles. The minimum Gasteiger partial charge on any atom is -0.352 e. The highest BCUT2D eigenvalue weighted by atomic mass is 32.1. The molecule has 0 saturated carbocycles. The first kappa shape index (κ1) is 16.9. The summed E-state index contributed by atoms with van der Waals surface area (Å²) in [5.41, 5.74) is 2.21. The molecule has 0 unspecified atom stereocenters. The summed E-state index contributed by atoms with van der Waals surface area (Å²) < 4.78 is 2.10. The number of thiophene rings is 1. The Morgan fingerprint density at radius 3 is 2.92 bits per heavy atom. The Balaban J connectivity index is 2.07. The summed E-state index contributed by atoms with van der Waals surface area (Å²) in [5, 5.41) is 5.83. The van der Waals surface area contributed by atoms with Crippen molar-refractivity contribution in [2.75, 3.05) is 17.2 Å². The molecule has 0 atom stereocenters. The van der Waals surface area contributed by atoms with Crippen LogP contribution in [0.2, 0.25) is 0 Å². The summed E-state index contributed by atoms with van der Waals surface area (Å²) in [6.45, 7) is 5.66. The van der Waals surface area contributed by atoms with Crippen LogP contribution >= 0.6 is 11.3 Å². The second kappa shape index (κ2) is 6.90. The van der Waals surface area contributed by atoms with Crippen LogP contribution in [0.3, 0.4) is 0 Å². The molecule has 1 aromatic carbocycles. The zero-order valence-electron chi connectivity index (χ0n) is 14.0. The minimum absolute atomic E-state index is 0.0918. The first-order chi connectivity index (χ1) is 12.0. The van der Waals surface area contributed by atoms with Crippen LogP contribution in [0.1, 0.15) is 6.92 Å². The van der Waals surface area contributed by atoms with Gasteiger partial charge < -0.3 is 10.6 Å². The molecule has 2 N–H and O–H groups in total. The van der Waals surface area contributed by atoms with Gasteiger partial charge in [0.05, 0.1) is 5.52 Å². The fourth-order valence-corrected chi connectivity index (χ4v) is 3.54. The Morgan fingerprint density at radius 2 is 2.20 bits per heavy atom. The number of aromatic nitrogens is 2. The summed E-state index contributed by atoms with van der Waals surface area (Å²) >= 11 is 1.39. The van der Waals surface area contributed by atoms with E-state index in [0.717, 1.165) is 16.1 Å². The second-order valence-electron chi connectivity index (χ2n) is 5.56. The van der Waals surface area contributed by atoms with Crippen molar-refractivity contribution in [1.29, 1.82) is 0 Å². The van der Waals surface area contributed by atoms with E-state index in [0.29, 0.717) is 22.7 Å². The van der Waals surface area contributed by atoms with Crippen LogP contribution < -0.4 is 16.2 Å². The molecule has 0 bridgehead atoms. The monoisotopic (exact) mass is 354 g/mol. The van der Waals surface area contributed by atoms with Crippen LogP contribution in [0.25, 0.3) is 20.7 Å². The highest BCUT2D eigenvalue weighted by Crippen LogP contribution is 2.32. The Labute approximate surface area is 148 Å². The molecule has 3 aromatic rings. The molecule has 0 aliphatic carbocycles. The number of rotatable bonds is 5. The topological polar surface area (TPSA) is 76.0 Å². The molecular weight excluding hydrogens is 336 g/mol. The summed E-state index contributed by atoms with van der Waals surface area (Å²) in [5.74, 6) is 0.385. The van der Waals surface area contributed by atoms with Crippen molar-refractivity contribution in [3.8, 4) is 10.4 Å². The normalized spacial score (nSPS) is 10.6. The molecule has 3 rings (SSSR count). The third-order valence-electron chi connectivity index (χ3n) is 3.63. The van der Waals surface area contributed by atoms with E-state index in [1.807, 2.05) is 30.3 Å². The van der Waals surface area contributed by atoms with E-state index in [9.17, 15) is 9.59 Å². The number of hydrogen-bond donors (Lipinski definition) is 2. The maximum absolute atomic E-state index is 12.6. The van der Waals surface area contributed by atoms with Crippen molar-refractivity contribution in [1.82, 2.24) is 9.55 Å². The molecule has 2 heterocycles. The Hall–Kier alpha value is -2.93. The van der Waals surface area contributed by atoms with Gasteiger partial charge in [-0.3, -0.25) is 14.2 Å². The number of hydrogen-bond acceptors (Lipinski definition) is 5. The van der Waals surface area contributed by atoms with Gasteiger partial charge in [-0.05, 0) is 23.8 Å². The molecule has 6 nitrogen and oxygen atoms in total. The van der Waals surface area contributed by atoms with Crippen LogP contribution in [0.4, 0.5) is 11.6 Å². The van der Waals surface area contributed by atoms with Crippen molar-refractivity contribution in [3.63, 3.8) is 0 Å². The second-order valence-corrected chi connectivity index (χ2v) is 6.61. The SMILES string of the molecule is C=CCNc1nc2cc(-c3cccc(NC(C)=O)c3)sc2c(=O)n1C. The van der Waals surface area contributed by atoms with Gasteiger partial charge in [0.1, 0.15) is 4.70 Å². The van der Waals surface area contributed by atoms with E-state index in [1.165, 1.54) is 22.8 Å². The van der Waals surface area contributed by atoms with Gasteiger partial charge in [-0.15, -0.1) is 17.9 Å². The molecule has 0 radical (unpaired) electrons. The summed E-state index contributed by atoms with van der Waals surface area (Å²) in [6, 6.07) is 9.42. The summed E-state index contributed by atoms with van der Waals surface area (Å²) in [4.78, 5) is 29.3. The average molecular weight is 354 g/mol. The van der Waals surface area contributed by atoms with Gasteiger partial charge in [0.25, 0.3) is 5.56 Å². The zero-order valence-corrected chi connectivity index (χ0v) is 14.8. The standard InChI is InChI=1S/C18H18N4O2S/c1-4-8-19-18-21-14-10-15(25-16(14)17(24)22(18)3)12-6-5-7-13(9-12)20-11(2)23/h4-7,9-10H,1,8H2,2-3H3,(H,19,21)(H,20,23). The van der Waals surface area contributed by atoms with Gasteiger partial charge >= 0.3 is 0 Å². The highest BCUT2D eigenvalue weighted by Gasteiger charge is 2.13. The predicted molar refractivity (Wildman–Crippen MR) is 103 cm³/mol. The van der Waals surface area contributed by atoms with Crippen LogP contribution in [0, 0.1) is 0 Å². The Morgan fingerprint density at radius 1 is 1.40 bits per heavy atom. The quantitative estimate of drug-likeness (QED) is 0.690. The third kappa shape index (κ3) is 3.46. The number of carbonyl (C=O) groups excluding carboxylic acids is 1. The minimum atomic E-state index is -0.123. The first-order valence-electron chi connectivity index (χ1n) is 7.73. The Kier molecular flexibility index (Phi) is 4.67. The fourth-order valence-electron chi connectivity index (χ4n) is 2.47. The van der Waals surface area contributed by atoms with Crippen molar-refractivity contribution >= 4 is 39.1 Å². The van der Waals surface area contributed by atoms with Crippen LogP contribution in [-0.2, 0) is 11.8 Å². The van der Waals surface area contributed by atoms with Gasteiger partial charge in [-0.25, -0.2) is 4.98 Å². The van der Waals surface area contributed by atoms with E-state index in [2.05, 4.69) is 22.2 Å². The lowest BCUT2D eigenvalue weighted by Crippen LogP contribution is -2.21. The van der Waals surface area contributed by atoms with Crippen molar-refractivity contribution in [2.45, 2.75) is 6.92 Å². The molecule has 0 aliphatic heterocycles. The fraction of sp³-hybridized carbons (Fsp3) is 0.167. The van der Waals surface area contributed by atoms with Gasteiger partial charge in [0.2, 0.25) is 11.9 Å². The predicted octanol–water partition coefficient (Wildman–Crippen LogP) is 3.22. The zero-order chi connectivity index (χ0) is 18.0. The van der Waals surface area contributed by atoms with Crippen molar-refractivity contribution < 1.29 is 4.79 Å². The lowest BCUT2D eigenvalue weighted by molar-refractivity contribution is -0.114. The van der Waals surface area contributed by atoms with Gasteiger partial charge in [0.15, 0.2) is 0 Å². The maximum Gasteiger partial charge on any atom is 0.272 e. The average Bonchev–Trinajstić information content (AvgIpc) is 3.01. The number of nitrogens with one attached hydrogen (secondary N) is 2. The molecular formula is C18H18N4O2S. The lowest BCUT2D eigenvalue weighted by Gasteiger charge is -2.07. The molecule has 0 saturated heterocycles. The van der Waals surface area contributed by atoms with Crippen LogP contribution in [0.15, 0.2) is 47.8 Å². The van der Waals surface area contributed by atoms with E-state index >= 15 is 0 Å². The molecule has 128 valence electrons. The smallest absolute Gasteiger partial charge is 0.272 e. The number of amides is 1. The van der Waals surface area contributed by atoms with Gasteiger partial charge in [0, 0.05) is 31.1 Å². The molecule has 7 heteroatoms. The number of fused-ring (bicyclic) bond motifs is 1. The van der Waals surface area contributed by atoms with E-state index in [4.69, 9.17) is 0 Å². The number of carbonyl (C=O) groups is 1. The van der Waals surface area contributed by atoms with Crippen LogP contribution in [-0.4, -0.2) is 22.0 Å². The van der Waals surface area contributed by atoms with Crippen molar-refractivity contribution in [2.24, 2.45) is 7.05 Å². The highest BCUT2D eigenvalue weighted by molar-refractivity contribution is 7.22. The Bertz CT molecular complexity index is 1020. The first-order valence-corrected chi connectivity index (χ1v) is 8.54. The van der Waals surface area contributed by atoms with E-state index in [-0.39, 0.29) is 11.5 Å². The summed E-state index contributed by atoms with van der Waals surface area (Å²) in [7, 11) is 1.69.